The van der Waals surface area contributed by atoms with Crippen LogP contribution in [0.1, 0.15) is 55.1 Å². The molecule has 1 heterocycles. The van der Waals surface area contributed by atoms with Gasteiger partial charge in [-0.25, -0.2) is 0 Å². The van der Waals surface area contributed by atoms with E-state index < -0.39 is 11.7 Å². The van der Waals surface area contributed by atoms with Gasteiger partial charge in [-0.3, -0.25) is 0 Å². The van der Waals surface area contributed by atoms with Crippen molar-refractivity contribution in [3.8, 4) is 0 Å². The van der Waals surface area contributed by atoms with E-state index in [1.54, 1.807) is 11.3 Å². The van der Waals surface area contributed by atoms with Crippen LogP contribution in [0.2, 0.25) is 0 Å². The van der Waals surface area contributed by atoms with Crippen molar-refractivity contribution < 1.29 is 10.2 Å². The van der Waals surface area contributed by atoms with Crippen molar-refractivity contribution in [1.29, 1.82) is 0 Å². The molecule has 1 atom stereocenters. The molecule has 2 rings (SSSR count). The lowest BCUT2D eigenvalue weighted by Gasteiger charge is -2.32. The van der Waals surface area contributed by atoms with Crippen LogP contribution in [-0.2, 0) is 0 Å². The minimum atomic E-state index is -0.897. The maximum absolute atomic E-state index is 10.6. The van der Waals surface area contributed by atoms with Crippen LogP contribution >= 0.6 is 11.3 Å². The smallest absolute Gasteiger partial charge is 0.117 e. The predicted octanol–water partition coefficient (Wildman–Crippen LogP) is 3.18. The Hall–Kier alpha value is -0.380. The molecule has 1 fully saturated rings. The summed E-state index contributed by atoms with van der Waals surface area (Å²) >= 11 is 1.55. The molecule has 0 amide bonds. The zero-order valence-electron chi connectivity index (χ0n) is 9.78. The number of aliphatic hydroxyl groups is 2. The Bertz CT molecular complexity index is 337. The molecule has 0 radical (unpaired) electrons. The number of hydrogen-bond donors (Lipinski definition) is 2. The molecule has 1 aromatic heterocycles. The highest BCUT2D eigenvalue weighted by molar-refractivity contribution is 7.10. The predicted molar refractivity (Wildman–Crippen MR) is 66.7 cm³/mol. The molecule has 2 N–H and O–H groups in total. The molecule has 0 aliphatic heterocycles. The summed E-state index contributed by atoms with van der Waals surface area (Å²) < 4.78 is 0. The Morgan fingerprint density at radius 3 is 2.38 bits per heavy atom. The molecule has 0 aromatic carbocycles. The summed E-state index contributed by atoms with van der Waals surface area (Å²) in [6.07, 6.45) is 5.16. The molecule has 0 bridgehead atoms. The number of aryl methyl sites for hydroxylation is 1. The summed E-state index contributed by atoms with van der Waals surface area (Å²) in [4.78, 5) is 0.935. The quantitative estimate of drug-likeness (QED) is 0.779. The highest BCUT2D eigenvalue weighted by Crippen LogP contribution is 2.40. The lowest BCUT2D eigenvalue weighted by Crippen LogP contribution is -2.35. The van der Waals surface area contributed by atoms with Gasteiger partial charge in [0.2, 0.25) is 0 Å². The van der Waals surface area contributed by atoms with Gasteiger partial charge in [0, 0.05) is 4.88 Å². The normalized spacial score (nSPS) is 22.7. The van der Waals surface area contributed by atoms with Crippen molar-refractivity contribution in [3.63, 3.8) is 0 Å². The first-order valence-electron chi connectivity index (χ1n) is 6.08. The Morgan fingerprint density at radius 1 is 1.25 bits per heavy atom. The Kier molecular flexibility index (Phi) is 3.67. The van der Waals surface area contributed by atoms with Crippen molar-refractivity contribution in [1.82, 2.24) is 0 Å². The number of hydrogen-bond acceptors (Lipinski definition) is 3. The first kappa shape index (κ1) is 12.1. The van der Waals surface area contributed by atoms with Crippen LogP contribution in [0.3, 0.4) is 0 Å². The molecule has 0 saturated heterocycles. The summed E-state index contributed by atoms with van der Waals surface area (Å²) in [5.41, 5.74) is 0.196. The zero-order chi connectivity index (χ0) is 11.6. The van der Waals surface area contributed by atoms with Gasteiger partial charge in [0.05, 0.1) is 5.60 Å². The molecule has 16 heavy (non-hydrogen) atoms. The zero-order valence-corrected chi connectivity index (χ0v) is 10.6. The van der Waals surface area contributed by atoms with Crippen LogP contribution in [-0.4, -0.2) is 15.8 Å². The minimum Gasteiger partial charge on any atom is -0.387 e. The van der Waals surface area contributed by atoms with Gasteiger partial charge in [-0.2, -0.15) is 0 Å². The topological polar surface area (TPSA) is 40.5 Å². The average molecular weight is 240 g/mol. The van der Waals surface area contributed by atoms with Crippen LogP contribution in [0, 0.1) is 6.92 Å². The third-order valence-corrected chi connectivity index (χ3v) is 4.70. The van der Waals surface area contributed by atoms with Gasteiger partial charge >= 0.3 is 0 Å². The molecule has 1 saturated carbocycles. The second kappa shape index (κ2) is 4.86. The fourth-order valence-corrected chi connectivity index (χ4v) is 3.54. The second-order valence-electron chi connectivity index (χ2n) is 4.89. The van der Waals surface area contributed by atoms with E-state index in [0.717, 1.165) is 36.1 Å². The largest absolute Gasteiger partial charge is 0.387 e. The molecule has 1 unspecified atom stereocenters. The number of thiophene rings is 1. The van der Waals surface area contributed by atoms with Crippen molar-refractivity contribution in [2.24, 2.45) is 0 Å². The van der Waals surface area contributed by atoms with E-state index in [0.29, 0.717) is 0 Å². The monoisotopic (exact) mass is 240 g/mol. The molecule has 1 aliphatic rings. The van der Waals surface area contributed by atoms with E-state index >= 15 is 0 Å². The second-order valence-corrected chi connectivity index (χ2v) is 5.84. The first-order chi connectivity index (χ1) is 7.63. The van der Waals surface area contributed by atoms with E-state index in [2.05, 4.69) is 0 Å². The van der Waals surface area contributed by atoms with Crippen LogP contribution in [0.15, 0.2) is 11.4 Å². The van der Waals surface area contributed by atoms with Crippen LogP contribution in [0.25, 0.3) is 0 Å². The molecular weight excluding hydrogens is 220 g/mol. The molecule has 2 nitrogen and oxygen atoms in total. The van der Waals surface area contributed by atoms with Crippen molar-refractivity contribution in [3.05, 3.63) is 21.9 Å². The third kappa shape index (κ3) is 2.31. The summed E-state index contributed by atoms with van der Waals surface area (Å²) in [6, 6.07) is 2.00. The van der Waals surface area contributed by atoms with E-state index in [4.69, 9.17) is 0 Å². The average Bonchev–Trinajstić information content (AvgIpc) is 2.55. The van der Waals surface area contributed by atoms with E-state index in [-0.39, 0.29) is 0 Å². The standard InChI is InChI=1S/C13H20O2S/c1-10-6-9-16-11(10)12(14)13(15)7-4-2-3-5-8-13/h6,9,12,14-15H,2-5,7-8H2,1H3. The number of rotatable bonds is 2. The highest BCUT2D eigenvalue weighted by Gasteiger charge is 2.37. The summed E-state index contributed by atoms with van der Waals surface area (Å²) in [5, 5.41) is 22.9. The molecule has 90 valence electrons. The lowest BCUT2D eigenvalue weighted by atomic mass is 9.87. The van der Waals surface area contributed by atoms with Gasteiger partial charge in [-0.15, -0.1) is 11.3 Å². The Balaban J connectivity index is 2.18. The van der Waals surface area contributed by atoms with Crippen molar-refractivity contribution >= 4 is 11.3 Å². The lowest BCUT2D eigenvalue weighted by molar-refractivity contribution is -0.0854. The minimum absolute atomic E-state index is 0.703. The Labute approximate surface area is 101 Å². The molecular formula is C13H20O2S. The first-order valence-corrected chi connectivity index (χ1v) is 6.96. The van der Waals surface area contributed by atoms with Crippen molar-refractivity contribution in [2.45, 2.75) is 57.2 Å². The summed E-state index contributed by atoms with van der Waals surface area (Å²) in [5.74, 6) is 0. The van der Waals surface area contributed by atoms with Gasteiger partial charge in [0.15, 0.2) is 0 Å². The van der Waals surface area contributed by atoms with Gasteiger partial charge in [-0.1, -0.05) is 25.7 Å². The van der Waals surface area contributed by atoms with Gasteiger partial charge in [0.25, 0.3) is 0 Å². The molecule has 3 heteroatoms. The highest BCUT2D eigenvalue weighted by atomic mass is 32.1. The van der Waals surface area contributed by atoms with Gasteiger partial charge in [-0.05, 0) is 36.8 Å². The van der Waals surface area contributed by atoms with Gasteiger partial charge < -0.3 is 10.2 Å². The fraction of sp³-hybridized carbons (Fsp3) is 0.692. The fourth-order valence-electron chi connectivity index (χ4n) is 2.52. The summed E-state index contributed by atoms with van der Waals surface area (Å²) in [7, 11) is 0. The van der Waals surface area contributed by atoms with Crippen LogP contribution in [0.5, 0.6) is 0 Å². The van der Waals surface area contributed by atoms with Gasteiger partial charge in [0.1, 0.15) is 6.10 Å². The van der Waals surface area contributed by atoms with Crippen molar-refractivity contribution in [2.75, 3.05) is 0 Å². The number of aliphatic hydroxyl groups excluding tert-OH is 1. The Morgan fingerprint density at radius 2 is 1.88 bits per heavy atom. The maximum Gasteiger partial charge on any atom is 0.117 e. The van der Waals surface area contributed by atoms with Crippen LogP contribution < -0.4 is 0 Å². The third-order valence-electron chi connectivity index (χ3n) is 3.63. The molecule has 1 aromatic rings. The van der Waals surface area contributed by atoms with E-state index in [9.17, 15) is 10.2 Å². The summed E-state index contributed by atoms with van der Waals surface area (Å²) in [6.45, 7) is 2.00. The van der Waals surface area contributed by atoms with E-state index in [1.165, 1.54) is 12.8 Å². The molecule has 1 aliphatic carbocycles. The maximum atomic E-state index is 10.6. The SMILES string of the molecule is Cc1ccsc1C(O)C1(O)CCCCCC1. The van der Waals surface area contributed by atoms with E-state index in [1.807, 2.05) is 18.4 Å². The van der Waals surface area contributed by atoms with Crippen LogP contribution in [0.4, 0.5) is 0 Å². The molecule has 0 spiro atoms.